The van der Waals surface area contributed by atoms with Gasteiger partial charge in [-0.1, -0.05) is 24.3 Å². The number of nitrogens with zero attached hydrogens (tertiary/aromatic N) is 1. The Morgan fingerprint density at radius 1 is 1.17 bits per heavy atom. The summed E-state index contributed by atoms with van der Waals surface area (Å²) in [6, 6.07) is 15.5. The van der Waals surface area contributed by atoms with Crippen molar-refractivity contribution in [2.45, 2.75) is 18.9 Å². The topological polar surface area (TPSA) is 49.8 Å². The standard InChI is InChI=1S/C19H21NO3/c1-23-18-8-6-15(7-9-18)17-10-11-20(13-17)12-14-2-4-16(5-3-14)19(21)22/h2-9,17H,10-13H2,1H3,(H,21,22). The fraction of sp³-hybridized carbons (Fsp3) is 0.316. The van der Waals surface area contributed by atoms with E-state index in [1.807, 2.05) is 24.3 Å². The third kappa shape index (κ3) is 3.71. The van der Waals surface area contributed by atoms with E-state index in [9.17, 15) is 4.79 Å². The summed E-state index contributed by atoms with van der Waals surface area (Å²) in [5, 5.41) is 8.94. The molecule has 1 atom stereocenters. The van der Waals surface area contributed by atoms with E-state index < -0.39 is 5.97 Å². The molecule has 1 fully saturated rings. The maximum atomic E-state index is 10.9. The van der Waals surface area contributed by atoms with Gasteiger partial charge in [-0.3, -0.25) is 4.90 Å². The number of carboxylic acids is 1. The number of carboxylic acid groups (broad SMARTS) is 1. The highest BCUT2D eigenvalue weighted by atomic mass is 16.5. The van der Waals surface area contributed by atoms with Crippen LogP contribution in [-0.2, 0) is 6.54 Å². The fourth-order valence-electron chi connectivity index (χ4n) is 3.14. The molecule has 120 valence electrons. The van der Waals surface area contributed by atoms with E-state index in [1.165, 1.54) is 5.56 Å². The van der Waals surface area contributed by atoms with Gasteiger partial charge in [-0.15, -0.1) is 0 Å². The van der Waals surface area contributed by atoms with E-state index in [1.54, 1.807) is 19.2 Å². The minimum absolute atomic E-state index is 0.339. The number of hydrogen-bond acceptors (Lipinski definition) is 3. The first-order chi connectivity index (χ1) is 11.2. The summed E-state index contributed by atoms with van der Waals surface area (Å²) in [4.78, 5) is 13.3. The average Bonchev–Trinajstić information content (AvgIpc) is 3.04. The predicted octanol–water partition coefficient (Wildman–Crippen LogP) is 3.38. The highest BCUT2D eigenvalue weighted by Crippen LogP contribution is 2.29. The molecule has 0 bridgehead atoms. The smallest absolute Gasteiger partial charge is 0.335 e. The third-order valence-corrected chi connectivity index (χ3v) is 4.47. The van der Waals surface area contributed by atoms with Crippen molar-refractivity contribution in [3.63, 3.8) is 0 Å². The lowest BCUT2D eigenvalue weighted by Crippen LogP contribution is -2.19. The van der Waals surface area contributed by atoms with Crippen LogP contribution in [0, 0.1) is 0 Å². The van der Waals surface area contributed by atoms with Gasteiger partial charge in [0, 0.05) is 13.1 Å². The summed E-state index contributed by atoms with van der Waals surface area (Å²) in [6.45, 7) is 2.97. The van der Waals surface area contributed by atoms with Crippen molar-refractivity contribution < 1.29 is 14.6 Å². The van der Waals surface area contributed by atoms with E-state index in [0.717, 1.165) is 37.4 Å². The normalized spacial score (nSPS) is 18.0. The Balaban J connectivity index is 1.59. The molecule has 0 amide bonds. The van der Waals surface area contributed by atoms with Crippen molar-refractivity contribution in [3.8, 4) is 5.75 Å². The van der Waals surface area contributed by atoms with Gasteiger partial charge in [0.25, 0.3) is 0 Å². The number of methoxy groups -OCH3 is 1. The number of ether oxygens (including phenoxy) is 1. The summed E-state index contributed by atoms with van der Waals surface area (Å²) < 4.78 is 5.21. The molecule has 2 aromatic rings. The number of benzene rings is 2. The van der Waals surface area contributed by atoms with Crippen LogP contribution in [-0.4, -0.2) is 36.2 Å². The molecule has 1 heterocycles. The molecule has 2 aromatic carbocycles. The summed E-state index contributed by atoms with van der Waals surface area (Å²) in [5.74, 6) is 0.568. The molecule has 23 heavy (non-hydrogen) atoms. The molecule has 3 rings (SSSR count). The molecular formula is C19H21NO3. The number of likely N-dealkylation sites (tertiary alicyclic amines) is 1. The van der Waals surface area contributed by atoms with Crippen molar-refractivity contribution in [1.29, 1.82) is 0 Å². The molecule has 1 aliphatic rings. The molecule has 1 N–H and O–H groups in total. The Bertz CT molecular complexity index is 664. The molecule has 0 saturated carbocycles. The largest absolute Gasteiger partial charge is 0.497 e. The van der Waals surface area contributed by atoms with E-state index in [-0.39, 0.29) is 0 Å². The van der Waals surface area contributed by atoms with Crippen LogP contribution in [0.5, 0.6) is 5.75 Å². The summed E-state index contributed by atoms with van der Waals surface area (Å²) in [6.07, 6.45) is 1.15. The Morgan fingerprint density at radius 3 is 2.48 bits per heavy atom. The molecule has 0 radical (unpaired) electrons. The van der Waals surface area contributed by atoms with Crippen LogP contribution in [0.15, 0.2) is 48.5 Å². The molecule has 1 aliphatic heterocycles. The van der Waals surface area contributed by atoms with E-state index in [0.29, 0.717) is 11.5 Å². The number of carbonyl (C=O) groups is 1. The Kier molecular flexibility index (Phi) is 4.63. The highest BCUT2D eigenvalue weighted by Gasteiger charge is 2.23. The predicted molar refractivity (Wildman–Crippen MR) is 89.0 cm³/mol. The summed E-state index contributed by atoms with van der Waals surface area (Å²) in [7, 11) is 1.68. The van der Waals surface area contributed by atoms with Gasteiger partial charge in [0.05, 0.1) is 12.7 Å². The van der Waals surface area contributed by atoms with Crippen molar-refractivity contribution in [2.24, 2.45) is 0 Å². The molecule has 1 saturated heterocycles. The van der Waals surface area contributed by atoms with Gasteiger partial charge in [-0.05, 0) is 54.3 Å². The lowest BCUT2D eigenvalue weighted by molar-refractivity contribution is 0.0697. The quantitative estimate of drug-likeness (QED) is 0.919. The number of aromatic carboxylic acids is 1. The number of hydrogen-bond donors (Lipinski definition) is 1. The minimum Gasteiger partial charge on any atom is -0.497 e. The molecule has 4 heteroatoms. The van der Waals surface area contributed by atoms with Gasteiger partial charge in [-0.25, -0.2) is 4.79 Å². The highest BCUT2D eigenvalue weighted by molar-refractivity contribution is 5.87. The second kappa shape index (κ2) is 6.84. The fourth-order valence-corrected chi connectivity index (χ4v) is 3.14. The monoisotopic (exact) mass is 311 g/mol. The van der Waals surface area contributed by atoms with E-state index >= 15 is 0 Å². The van der Waals surface area contributed by atoms with Gasteiger partial charge >= 0.3 is 5.97 Å². The first-order valence-electron chi connectivity index (χ1n) is 7.84. The van der Waals surface area contributed by atoms with Gasteiger partial charge < -0.3 is 9.84 Å². The van der Waals surface area contributed by atoms with Crippen LogP contribution in [0.1, 0.15) is 33.8 Å². The average molecular weight is 311 g/mol. The molecule has 4 nitrogen and oxygen atoms in total. The molecule has 1 unspecified atom stereocenters. The van der Waals surface area contributed by atoms with Crippen molar-refractivity contribution in [3.05, 3.63) is 65.2 Å². The van der Waals surface area contributed by atoms with Gasteiger partial charge in [0.1, 0.15) is 5.75 Å². The zero-order valence-corrected chi connectivity index (χ0v) is 13.2. The zero-order chi connectivity index (χ0) is 16.2. The molecule has 0 aliphatic carbocycles. The third-order valence-electron chi connectivity index (χ3n) is 4.47. The van der Waals surface area contributed by atoms with Crippen LogP contribution < -0.4 is 4.74 Å². The second-order valence-electron chi connectivity index (χ2n) is 6.00. The first-order valence-corrected chi connectivity index (χ1v) is 7.84. The van der Waals surface area contributed by atoms with E-state index in [2.05, 4.69) is 17.0 Å². The van der Waals surface area contributed by atoms with Crippen LogP contribution in [0.25, 0.3) is 0 Å². The van der Waals surface area contributed by atoms with Crippen LogP contribution in [0.4, 0.5) is 0 Å². The first kappa shape index (κ1) is 15.6. The molecular weight excluding hydrogens is 290 g/mol. The van der Waals surface area contributed by atoms with E-state index in [4.69, 9.17) is 9.84 Å². The van der Waals surface area contributed by atoms with Gasteiger partial charge in [-0.2, -0.15) is 0 Å². The summed E-state index contributed by atoms with van der Waals surface area (Å²) in [5.41, 5.74) is 2.85. The van der Waals surface area contributed by atoms with Crippen LogP contribution in [0.3, 0.4) is 0 Å². The van der Waals surface area contributed by atoms with Gasteiger partial charge in [0.15, 0.2) is 0 Å². The van der Waals surface area contributed by atoms with Gasteiger partial charge in [0.2, 0.25) is 0 Å². The zero-order valence-electron chi connectivity index (χ0n) is 13.2. The Morgan fingerprint density at radius 2 is 1.87 bits per heavy atom. The summed E-state index contributed by atoms with van der Waals surface area (Å²) >= 11 is 0. The van der Waals surface area contributed by atoms with Crippen molar-refractivity contribution in [2.75, 3.05) is 20.2 Å². The minimum atomic E-state index is -0.878. The van der Waals surface area contributed by atoms with Crippen molar-refractivity contribution in [1.82, 2.24) is 4.90 Å². The second-order valence-corrected chi connectivity index (χ2v) is 6.00. The number of rotatable bonds is 5. The SMILES string of the molecule is COc1ccc(C2CCN(Cc3ccc(C(=O)O)cc3)C2)cc1. The molecule has 0 spiro atoms. The Labute approximate surface area is 136 Å². The lowest BCUT2D eigenvalue weighted by atomic mass is 9.98. The lowest BCUT2D eigenvalue weighted by Gasteiger charge is -2.16. The maximum absolute atomic E-state index is 10.9. The maximum Gasteiger partial charge on any atom is 0.335 e. The molecule has 0 aromatic heterocycles. The van der Waals surface area contributed by atoms with Crippen molar-refractivity contribution >= 4 is 5.97 Å². The Hall–Kier alpha value is -2.33. The van der Waals surface area contributed by atoms with Crippen LogP contribution in [0.2, 0.25) is 0 Å². The van der Waals surface area contributed by atoms with Crippen LogP contribution >= 0.6 is 0 Å².